The van der Waals surface area contributed by atoms with Crippen LogP contribution in [0.4, 0.5) is 0 Å². The molecular weight excluding hydrogens is 278 g/mol. The van der Waals surface area contributed by atoms with Crippen molar-refractivity contribution in [2.75, 3.05) is 6.61 Å². The summed E-state index contributed by atoms with van der Waals surface area (Å²) < 4.78 is 5.35. The Hall–Kier alpha value is -2.25. The number of nitrogens with two attached hydrogens (primary N) is 1. The molecular formula is C12H15N5O4. The SMILES string of the molecule is C=C/C=C1/C(N)=NC=NN1[C@@H]1O[C@](C#N)(CO)[C@@H](O)[C@H]1O. The fraction of sp³-hybridized carbons (Fsp3) is 0.417. The summed E-state index contributed by atoms with van der Waals surface area (Å²) in [4.78, 5) is 3.80. The van der Waals surface area contributed by atoms with Crippen LogP contribution in [0.25, 0.3) is 0 Å². The standard InChI is InChI=1S/C12H15N5O4/c1-2-3-7-10(14)15-6-16-17(7)11-8(19)9(20)12(4-13,5-18)21-11/h2-3,6,8-9,11,18-20H,1,5H2,(H2,14,15,16)/b7-3-/t8-,9+,11-,12-/m1/s1. The zero-order chi connectivity index (χ0) is 15.6. The Bertz CT molecular complexity index is 566. The molecule has 4 atom stereocenters. The smallest absolute Gasteiger partial charge is 0.207 e. The van der Waals surface area contributed by atoms with Crippen molar-refractivity contribution in [3.05, 3.63) is 24.4 Å². The Morgan fingerprint density at radius 2 is 2.33 bits per heavy atom. The highest BCUT2D eigenvalue weighted by atomic mass is 16.6. The van der Waals surface area contributed by atoms with Crippen molar-refractivity contribution < 1.29 is 20.1 Å². The van der Waals surface area contributed by atoms with Crippen molar-refractivity contribution in [1.29, 1.82) is 5.26 Å². The predicted molar refractivity (Wildman–Crippen MR) is 72.5 cm³/mol. The number of ether oxygens (including phenoxy) is 1. The number of amidine groups is 1. The number of rotatable bonds is 3. The lowest BCUT2D eigenvalue weighted by molar-refractivity contribution is -0.112. The predicted octanol–water partition coefficient (Wildman–Crippen LogP) is -1.99. The zero-order valence-electron chi connectivity index (χ0n) is 11.0. The number of hydrogen-bond donors (Lipinski definition) is 4. The van der Waals surface area contributed by atoms with E-state index in [-0.39, 0.29) is 11.5 Å². The first-order valence-corrected chi connectivity index (χ1v) is 6.05. The summed E-state index contributed by atoms with van der Waals surface area (Å²) in [5, 5.41) is 43.5. The average Bonchev–Trinajstić information content (AvgIpc) is 2.75. The maximum absolute atomic E-state index is 10.1. The lowest BCUT2D eigenvalue weighted by Crippen LogP contribution is -2.45. The van der Waals surface area contributed by atoms with E-state index >= 15 is 0 Å². The summed E-state index contributed by atoms with van der Waals surface area (Å²) in [6, 6.07) is 1.67. The van der Waals surface area contributed by atoms with Crippen LogP contribution in [-0.4, -0.2) is 63.1 Å². The van der Waals surface area contributed by atoms with Crippen LogP contribution in [0.1, 0.15) is 0 Å². The van der Waals surface area contributed by atoms with E-state index in [1.54, 1.807) is 6.07 Å². The summed E-state index contributed by atoms with van der Waals surface area (Å²) in [6.07, 6.45) is -0.214. The normalized spacial score (nSPS) is 37.4. The molecule has 0 aromatic heterocycles. The summed E-state index contributed by atoms with van der Waals surface area (Å²) in [7, 11) is 0. The second kappa shape index (κ2) is 5.63. The average molecular weight is 293 g/mol. The van der Waals surface area contributed by atoms with E-state index in [4.69, 9.17) is 15.7 Å². The minimum atomic E-state index is -1.93. The van der Waals surface area contributed by atoms with E-state index in [1.807, 2.05) is 0 Å². The van der Waals surface area contributed by atoms with Gasteiger partial charge in [-0.1, -0.05) is 12.7 Å². The van der Waals surface area contributed by atoms with Crippen LogP contribution in [0.2, 0.25) is 0 Å². The minimum absolute atomic E-state index is 0.105. The first kappa shape index (κ1) is 15.1. The van der Waals surface area contributed by atoms with Crippen LogP contribution in [-0.2, 0) is 4.74 Å². The molecule has 2 rings (SSSR count). The van der Waals surface area contributed by atoms with Gasteiger partial charge in [0.1, 0.15) is 30.3 Å². The Morgan fingerprint density at radius 1 is 1.62 bits per heavy atom. The van der Waals surface area contributed by atoms with E-state index in [9.17, 15) is 15.3 Å². The van der Waals surface area contributed by atoms with Gasteiger partial charge in [-0.2, -0.15) is 10.4 Å². The van der Waals surface area contributed by atoms with Gasteiger partial charge in [-0.25, -0.2) is 10.0 Å². The van der Waals surface area contributed by atoms with Crippen molar-refractivity contribution in [2.45, 2.75) is 24.0 Å². The number of hydrazone groups is 1. The third-order valence-electron chi connectivity index (χ3n) is 3.25. The fourth-order valence-electron chi connectivity index (χ4n) is 2.11. The van der Waals surface area contributed by atoms with Crippen molar-refractivity contribution in [3.8, 4) is 6.07 Å². The van der Waals surface area contributed by atoms with Gasteiger partial charge in [0.25, 0.3) is 0 Å². The Morgan fingerprint density at radius 3 is 2.86 bits per heavy atom. The summed E-state index contributed by atoms with van der Waals surface area (Å²) in [5.74, 6) is 0.105. The van der Waals surface area contributed by atoms with Crippen molar-refractivity contribution in [3.63, 3.8) is 0 Å². The van der Waals surface area contributed by atoms with Gasteiger partial charge in [-0.15, -0.1) is 0 Å². The topological polar surface area (TPSA) is 148 Å². The quantitative estimate of drug-likeness (QED) is 0.470. The fourth-order valence-corrected chi connectivity index (χ4v) is 2.11. The molecule has 21 heavy (non-hydrogen) atoms. The molecule has 0 aliphatic carbocycles. The highest BCUT2D eigenvalue weighted by Crippen LogP contribution is 2.34. The molecule has 0 saturated carbocycles. The highest BCUT2D eigenvalue weighted by molar-refractivity contribution is 6.01. The molecule has 0 unspecified atom stereocenters. The second-order valence-electron chi connectivity index (χ2n) is 4.48. The van der Waals surface area contributed by atoms with Crippen LogP contribution in [0.15, 0.2) is 34.5 Å². The van der Waals surface area contributed by atoms with E-state index in [0.717, 1.165) is 6.34 Å². The van der Waals surface area contributed by atoms with Gasteiger partial charge in [-0.3, -0.25) is 0 Å². The number of aliphatic hydroxyl groups excluding tert-OH is 3. The zero-order valence-corrected chi connectivity index (χ0v) is 11.0. The van der Waals surface area contributed by atoms with Gasteiger partial charge in [0.2, 0.25) is 5.60 Å². The van der Waals surface area contributed by atoms with Crippen LogP contribution in [0.3, 0.4) is 0 Å². The van der Waals surface area contributed by atoms with Crippen molar-refractivity contribution in [2.24, 2.45) is 15.8 Å². The Balaban J connectivity index is 2.37. The molecule has 112 valence electrons. The molecule has 9 heteroatoms. The first-order chi connectivity index (χ1) is 10.0. The van der Waals surface area contributed by atoms with Gasteiger partial charge >= 0.3 is 0 Å². The van der Waals surface area contributed by atoms with Gasteiger partial charge in [-0.05, 0) is 6.08 Å². The molecule has 5 N–H and O–H groups in total. The van der Waals surface area contributed by atoms with Gasteiger partial charge in [0.15, 0.2) is 12.1 Å². The summed E-state index contributed by atoms with van der Waals surface area (Å²) in [6.45, 7) is 2.76. The molecule has 1 saturated heterocycles. The number of nitriles is 1. The first-order valence-electron chi connectivity index (χ1n) is 6.05. The Labute approximate surface area is 120 Å². The van der Waals surface area contributed by atoms with Gasteiger partial charge < -0.3 is 25.8 Å². The van der Waals surface area contributed by atoms with E-state index < -0.39 is 30.6 Å². The molecule has 0 radical (unpaired) electrons. The Kier molecular flexibility index (Phi) is 4.06. The van der Waals surface area contributed by atoms with Crippen LogP contribution in [0, 0.1) is 11.3 Å². The van der Waals surface area contributed by atoms with E-state index in [1.165, 1.54) is 17.2 Å². The number of aliphatic hydroxyl groups is 3. The van der Waals surface area contributed by atoms with Crippen molar-refractivity contribution in [1.82, 2.24) is 5.01 Å². The lowest BCUT2D eigenvalue weighted by atomic mass is 9.98. The minimum Gasteiger partial charge on any atom is -0.392 e. The molecule has 2 aliphatic rings. The molecule has 9 nitrogen and oxygen atoms in total. The van der Waals surface area contributed by atoms with Gasteiger partial charge in [0, 0.05) is 0 Å². The van der Waals surface area contributed by atoms with Crippen LogP contribution >= 0.6 is 0 Å². The monoisotopic (exact) mass is 293 g/mol. The molecule has 2 heterocycles. The van der Waals surface area contributed by atoms with Crippen molar-refractivity contribution >= 4 is 12.2 Å². The van der Waals surface area contributed by atoms with Crippen LogP contribution < -0.4 is 5.73 Å². The molecule has 1 fully saturated rings. The summed E-state index contributed by atoms with van der Waals surface area (Å²) in [5.41, 5.74) is 4.08. The third kappa shape index (κ3) is 2.30. The molecule has 2 aliphatic heterocycles. The molecule has 0 aromatic rings. The number of allylic oxidation sites excluding steroid dienone is 2. The number of hydrogen-bond acceptors (Lipinski definition) is 9. The molecule has 0 spiro atoms. The number of nitrogens with zero attached hydrogens (tertiary/aromatic N) is 4. The number of aliphatic imine (C=N–C) groups is 1. The lowest BCUT2D eigenvalue weighted by Gasteiger charge is -2.30. The molecule has 0 bridgehead atoms. The maximum atomic E-state index is 10.1. The second-order valence-corrected chi connectivity index (χ2v) is 4.48. The molecule has 0 amide bonds. The maximum Gasteiger partial charge on any atom is 0.207 e. The van der Waals surface area contributed by atoms with E-state index in [0.29, 0.717) is 0 Å². The molecule has 0 aromatic carbocycles. The van der Waals surface area contributed by atoms with Crippen LogP contribution in [0.5, 0.6) is 0 Å². The third-order valence-corrected chi connectivity index (χ3v) is 3.25. The largest absolute Gasteiger partial charge is 0.392 e. The van der Waals surface area contributed by atoms with E-state index in [2.05, 4.69) is 16.7 Å². The van der Waals surface area contributed by atoms with Gasteiger partial charge in [0.05, 0.1) is 6.61 Å². The highest BCUT2D eigenvalue weighted by Gasteiger charge is 2.57. The summed E-state index contributed by atoms with van der Waals surface area (Å²) >= 11 is 0.